The molecule has 0 atom stereocenters. The van der Waals surface area contributed by atoms with E-state index in [1.54, 1.807) is 42.2 Å². The third kappa shape index (κ3) is 3.60. The van der Waals surface area contributed by atoms with Gasteiger partial charge in [-0.05, 0) is 36.4 Å². The Morgan fingerprint density at radius 1 is 1.17 bits per heavy atom. The lowest BCUT2D eigenvalue weighted by Crippen LogP contribution is -2.21. The maximum Gasteiger partial charge on any atom is 0.263 e. The molecular formula is C18H16FN3O2. The molecule has 1 heterocycles. The summed E-state index contributed by atoms with van der Waals surface area (Å²) in [5, 5.41) is 2.78. The molecule has 0 bridgehead atoms. The molecule has 5 nitrogen and oxygen atoms in total. The van der Waals surface area contributed by atoms with E-state index in [-0.39, 0.29) is 18.3 Å². The van der Waals surface area contributed by atoms with Gasteiger partial charge in [0.15, 0.2) is 6.61 Å². The van der Waals surface area contributed by atoms with Crippen molar-refractivity contribution >= 4 is 11.7 Å². The Hall–Kier alpha value is -3.15. The van der Waals surface area contributed by atoms with Gasteiger partial charge in [0.1, 0.15) is 23.1 Å². The number of hydrogen-bond acceptors (Lipinski definition) is 3. The first-order valence-corrected chi connectivity index (χ1v) is 7.38. The highest BCUT2D eigenvalue weighted by Gasteiger charge is 2.14. The number of anilines is 1. The number of carbonyl (C=O) groups excluding carboxylic acids is 1. The third-order valence-electron chi connectivity index (χ3n) is 3.43. The molecule has 1 N–H and O–H groups in total. The smallest absolute Gasteiger partial charge is 0.263 e. The van der Waals surface area contributed by atoms with E-state index in [0.29, 0.717) is 17.3 Å². The van der Waals surface area contributed by atoms with Gasteiger partial charge >= 0.3 is 0 Å². The van der Waals surface area contributed by atoms with Crippen molar-refractivity contribution in [3.8, 4) is 17.0 Å². The van der Waals surface area contributed by atoms with Crippen molar-refractivity contribution in [2.45, 2.75) is 0 Å². The molecule has 1 amide bonds. The van der Waals surface area contributed by atoms with Crippen LogP contribution in [0.2, 0.25) is 0 Å². The van der Waals surface area contributed by atoms with Crippen molar-refractivity contribution in [1.29, 1.82) is 0 Å². The number of para-hydroxylation sites is 1. The summed E-state index contributed by atoms with van der Waals surface area (Å²) >= 11 is 0. The van der Waals surface area contributed by atoms with Gasteiger partial charge in [-0.2, -0.15) is 0 Å². The van der Waals surface area contributed by atoms with Crippen LogP contribution in [0.5, 0.6) is 5.75 Å². The van der Waals surface area contributed by atoms with E-state index in [9.17, 15) is 9.18 Å². The van der Waals surface area contributed by atoms with Crippen LogP contribution in [0.25, 0.3) is 11.3 Å². The second-order valence-corrected chi connectivity index (χ2v) is 5.21. The average Bonchev–Trinajstić information content (AvgIpc) is 2.95. The molecule has 0 fully saturated rings. The zero-order valence-electron chi connectivity index (χ0n) is 13.1. The second-order valence-electron chi connectivity index (χ2n) is 5.21. The van der Waals surface area contributed by atoms with E-state index >= 15 is 0 Å². The Morgan fingerprint density at radius 3 is 2.58 bits per heavy atom. The molecule has 24 heavy (non-hydrogen) atoms. The minimum Gasteiger partial charge on any atom is -0.484 e. The number of aromatic nitrogens is 2. The number of amides is 1. The van der Waals surface area contributed by atoms with Gasteiger partial charge in [-0.25, -0.2) is 9.37 Å². The first-order valence-electron chi connectivity index (χ1n) is 7.38. The van der Waals surface area contributed by atoms with Crippen molar-refractivity contribution in [3.05, 3.63) is 66.7 Å². The van der Waals surface area contributed by atoms with E-state index < -0.39 is 0 Å². The first kappa shape index (κ1) is 15.7. The highest BCUT2D eigenvalue weighted by atomic mass is 19.1. The highest BCUT2D eigenvalue weighted by molar-refractivity contribution is 5.94. The monoisotopic (exact) mass is 325 g/mol. The Balaban J connectivity index is 1.72. The Labute approximate surface area is 138 Å². The van der Waals surface area contributed by atoms with Gasteiger partial charge < -0.3 is 14.6 Å². The quantitative estimate of drug-likeness (QED) is 0.783. The van der Waals surface area contributed by atoms with Gasteiger partial charge in [0, 0.05) is 12.6 Å². The van der Waals surface area contributed by atoms with Crippen molar-refractivity contribution in [1.82, 2.24) is 9.55 Å². The number of carbonyl (C=O) groups is 1. The van der Waals surface area contributed by atoms with Crippen molar-refractivity contribution in [3.63, 3.8) is 0 Å². The number of hydrogen-bond donors (Lipinski definition) is 1. The number of aryl methyl sites for hydroxylation is 1. The van der Waals surface area contributed by atoms with Gasteiger partial charge in [0.05, 0.1) is 6.33 Å². The summed E-state index contributed by atoms with van der Waals surface area (Å²) in [5.74, 6) is 0.530. The van der Waals surface area contributed by atoms with E-state index in [0.717, 1.165) is 5.56 Å². The van der Waals surface area contributed by atoms with Crippen LogP contribution >= 0.6 is 0 Å². The fraction of sp³-hybridized carbons (Fsp3) is 0.111. The average molecular weight is 325 g/mol. The number of halogens is 1. The molecule has 0 aliphatic rings. The van der Waals surface area contributed by atoms with Crippen molar-refractivity contribution < 1.29 is 13.9 Å². The third-order valence-corrected chi connectivity index (χ3v) is 3.43. The molecule has 2 aromatic carbocycles. The summed E-state index contributed by atoms with van der Waals surface area (Å²) in [7, 11) is 1.77. The summed E-state index contributed by atoms with van der Waals surface area (Å²) in [5.41, 5.74) is 1.29. The van der Waals surface area contributed by atoms with Crippen LogP contribution in [0.1, 0.15) is 0 Å². The molecule has 0 radical (unpaired) electrons. The molecule has 0 aliphatic carbocycles. The topological polar surface area (TPSA) is 56.2 Å². The molecule has 0 saturated carbocycles. The number of benzene rings is 2. The predicted molar refractivity (Wildman–Crippen MR) is 89.2 cm³/mol. The fourth-order valence-electron chi connectivity index (χ4n) is 2.23. The van der Waals surface area contributed by atoms with E-state index in [1.807, 2.05) is 18.2 Å². The molecular weight excluding hydrogens is 309 g/mol. The molecule has 0 unspecified atom stereocenters. The summed E-state index contributed by atoms with van der Waals surface area (Å²) in [6.45, 7) is -0.113. The van der Waals surface area contributed by atoms with E-state index in [2.05, 4.69) is 10.3 Å². The van der Waals surface area contributed by atoms with Gasteiger partial charge in [0.2, 0.25) is 0 Å². The zero-order chi connectivity index (χ0) is 16.9. The molecule has 0 aliphatic heterocycles. The number of rotatable bonds is 5. The van der Waals surface area contributed by atoms with E-state index in [4.69, 9.17) is 4.74 Å². The molecule has 0 spiro atoms. The molecule has 6 heteroatoms. The lowest BCUT2D eigenvalue weighted by molar-refractivity contribution is -0.118. The predicted octanol–water partition coefficient (Wildman–Crippen LogP) is 3.24. The Bertz CT molecular complexity index is 829. The SMILES string of the molecule is Cn1cnc(-c2ccc(F)cc2)c1NC(=O)COc1ccccc1. The van der Waals surface area contributed by atoms with Crippen LogP contribution in [-0.4, -0.2) is 22.1 Å². The largest absolute Gasteiger partial charge is 0.484 e. The standard InChI is InChI=1S/C18H16FN3O2/c1-22-12-20-17(13-7-9-14(19)10-8-13)18(22)21-16(23)11-24-15-5-3-2-4-6-15/h2-10,12H,11H2,1H3,(H,21,23). The van der Waals surface area contributed by atoms with E-state index in [1.165, 1.54) is 12.1 Å². The second kappa shape index (κ2) is 6.95. The highest BCUT2D eigenvalue weighted by Crippen LogP contribution is 2.26. The Kier molecular flexibility index (Phi) is 4.56. The number of imidazole rings is 1. The Morgan fingerprint density at radius 2 is 1.88 bits per heavy atom. The maximum atomic E-state index is 13.1. The van der Waals surface area contributed by atoms with Gasteiger partial charge in [-0.1, -0.05) is 18.2 Å². The minimum absolute atomic E-state index is 0.113. The van der Waals surface area contributed by atoms with Gasteiger partial charge in [-0.3, -0.25) is 4.79 Å². The first-order chi connectivity index (χ1) is 11.6. The molecule has 1 aromatic heterocycles. The molecule has 0 saturated heterocycles. The van der Waals surface area contributed by atoms with Crippen LogP contribution in [0.4, 0.5) is 10.2 Å². The summed E-state index contributed by atoms with van der Waals surface area (Å²) in [6, 6.07) is 15.0. The summed E-state index contributed by atoms with van der Waals surface area (Å²) < 4.78 is 20.2. The lowest BCUT2D eigenvalue weighted by Gasteiger charge is -2.10. The fourth-order valence-corrected chi connectivity index (χ4v) is 2.23. The number of nitrogens with one attached hydrogen (secondary N) is 1. The summed E-state index contributed by atoms with van der Waals surface area (Å²) in [6.07, 6.45) is 1.59. The van der Waals surface area contributed by atoms with Crippen LogP contribution in [0, 0.1) is 5.82 Å². The minimum atomic E-state index is -0.323. The molecule has 3 aromatic rings. The van der Waals surface area contributed by atoms with Gasteiger partial charge in [-0.15, -0.1) is 0 Å². The lowest BCUT2D eigenvalue weighted by atomic mass is 10.1. The van der Waals surface area contributed by atoms with Crippen molar-refractivity contribution in [2.75, 3.05) is 11.9 Å². The maximum absolute atomic E-state index is 13.1. The zero-order valence-corrected chi connectivity index (χ0v) is 13.1. The van der Waals surface area contributed by atoms with Crippen LogP contribution < -0.4 is 10.1 Å². The van der Waals surface area contributed by atoms with Crippen LogP contribution in [0.3, 0.4) is 0 Å². The van der Waals surface area contributed by atoms with Crippen LogP contribution in [-0.2, 0) is 11.8 Å². The van der Waals surface area contributed by atoms with Crippen molar-refractivity contribution in [2.24, 2.45) is 7.05 Å². The normalized spacial score (nSPS) is 10.4. The van der Waals surface area contributed by atoms with Crippen LogP contribution in [0.15, 0.2) is 60.9 Å². The number of ether oxygens (including phenoxy) is 1. The van der Waals surface area contributed by atoms with Gasteiger partial charge in [0.25, 0.3) is 5.91 Å². The molecule has 3 rings (SSSR count). The number of nitrogens with zero attached hydrogens (tertiary/aromatic N) is 2. The summed E-state index contributed by atoms with van der Waals surface area (Å²) in [4.78, 5) is 16.4. The molecule has 122 valence electrons.